The van der Waals surface area contributed by atoms with Crippen LogP contribution in [0.25, 0.3) is 0 Å². The molecule has 2 aliphatic heterocycles. The third-order valence-corrected chi connectivity index (χ3v) is 12.6. The first-order valence-electron chi connectivity index (χ1n) is 18.7. The first-order valence-corrected chi connectivity index (χ1v) is 20.3. The van der Waals surface area contributed by atoms with Gasteiger partial charge >= 0.3 is 18.2 Å². The Hall–Kier alpha value is -4.47. The van der Waals surface area contributed by atoms with Crippen molar-refractivity contribution in [3.8, 4) is 0 Å². The molecule has 294 valence electrons. The van der Waals surface area contributed by atoms with E-state index in [2.05, 4.69) is 15.4 Å². The number of nitrogens with one attached hydrogen (secondary N) is 3. The number of sulfonamides is 1. The van der Waals surface area contributed by atoms with Gasteiger partial charge in [-0.25, -0.2) is 22.8 Å². The first kappa shape index (κ1) is 39.2. The SMILES string of the molecule is COC(=O)c1ccc2c(c1)CN(C(=O)O[C@H]1CC3C(=O)[C@@H](NC(=O)OC(C)(C)C)CCCCCC=C[C@@H]4C[C@@]4(C(=O)NS(=O)(=O)C4CC4)NC(=O)[C@@H]3C1)C2. The van der Waals surface area contributed by atoms with Gasteiger partial charge in [-0.3, -0.25) is 24.0 Å². The fraction of sp³-hybridized carbons (Fsp3) is 0.632. The van der Waals surface area contributed by atoms with Crippen molar-refractivity contribution < 1.29 is 51.4 Å². The predicted octanol–water partition coefficient (Wildman–Crippen LogP) is 3.79. The number of fused-ring (bicyclic) bond motifs is 3. The number of benzene rings is 1. The van der Waals surface area contributed by atoms with Crippen LogP contribution in [-0.2, 0) is 51.7 Å². The van der Waals surface area contributed by atoms with Crippen LogP contribution in [0, 0.1) is 17.8 Å². The molecule has 1 aromatic carbocycles. The second-order valence-corrected chi connectivity index (χ2v) is 18.1. The van der Waals surface area contributed by atoms with Gasteiger partial charge in [0.15, 0.2) is 5.78 Å². The lowest BCUT2D eigenvalue weighted by Gasteiger charge is -2.27. The van der Waals surface area contributed by atoms with E-state index >= 15 is 0 Å². The summed E-state index contributed by atoms with van der Waals surface area (Å²) in [5.74, 6) is -4.90. The Morgan fingerprint density at radius 3 is 2.39 bits per heavy atom. The predicted molar refractivity (Wildman–Crippen MR) is 193 cm³/mol. The van der Waals surface area contributed by atoms with E-state index in [9.17, 15) is 37.2 Å². The minimum atomic E-state index is -3.91. The Morgan fingerprint density at radius 1 is 0.963 bits per heavy atom. The highest BCUT2D eigenvalue weighted by atomic mass is 32.2. The van der Waals surface area contributed by atoms with E-state index in [4.69, 9.17) is 14.2 Å². The summed E-state index contributed by atoms with van der Waals surface area (Å²) < 4.78 is 44.0. The van der Waals surface area contributed by atoms with E-state index in [1.807, 2.05) is 12.2 Å². The molecule has 15 nitrogen and oxygen atoms in total. The van der Waals surface area contributed by atoms with Crippen LogP contribution >= 0.6 is 0 Å². The van der Waals surface area contributed by atoms with Gasteiger partial charge in [0.2, 0.25) is 15.9 Å². The standard InChI is InChI=1S/C38H50N4O11S/c1-37(2,3)53-35(47)39-30-11-9-7-5-6-8-10-25-19-38(25,34(46)41-54(49,50)27-14-15-27)40-32(44)29-18-26(17-28(29)31(30)43)52-36(48)42-20-23-13-12-22(33(45)51-4)16-24(23)21-42/h8,10,12-13,16,25-30H,5-7,9,11,14-15,17-21H2,1-4H3,(H,39,47)(H,40,44)(H,41,46)/t25-,26+,28?,29-,30+,38-/m1/s1. The Kier molecular flexibility index (Phi) is 11.1. The van der Waals surface area contributed by atoms with Gasteiger partial charge in [0.25, 0.3) is 5.91 Å². The van der Waals surface area contributed by atoms with Crippen molar-refractivity contribution in [1.29, 1.82) is 0 Å². The molecule has 0 bridgehead atoms. The van der Waals surface area contributed by atoms with Gasteiger partial charge in [-0.2, -0.15) is 0 Å². The Balaban J connectivity index is 1.24. The molecule has 6 atom stereocenters. The molecule has 3 N–H and O–H groups in total. The molecular weight excluding hydrogens is 721 g/mol. The van der Waals surface area contributed by atoms with Crippen LogP contribution in [0.4, 0.5) is 9.59 Å². The molecule has 3 aliphatic carbocycles. The van der Waals surface area contributed by atoms with Crippen LogP contribution in [0.1, 0.15) is 106 Å². The van der Waals surface area contributed by atoms with Crippen molar-refractivity contribution in [2.24, 2.45) is 17.8 Å². The summed E-state index contributed by atoms with van der Waals surface area (Å²) in [6.07, 6.45) is 5.56. The molecule has 0 radical (unpaired) electrons. The van der Waals surface area contributed by atoms with E-state index in [1.165, 1.54) is 12.0 Å². The summed E-state index contributed by atoms with van der Waals surface area (Å²) in [5, 5.41) is 4.91. The lowest BCUT2D eigenvalue weighted by Crippen LogP contribution is -2.54. The summed E-state index contributed by atoms with van der Waals surface area (Å²) in [6.45, 7) is 5.53. The zero-order valence-corrected chi connectivity index (χ0v) is 32.0. The van der Waals surface area contributed by atoms with Crippen LogP contribution in [0.3, 0.4) is 0 Å². The van der Waals surface area contributed by atoms with Crippen molar-refractivity contribution in [3.63, 3.8) is 0 Å². The van der Waals surface area contributed by atoms with Gasteiger partial charge in [0, 0.05) is 24.9 Å². The summed E-state index contributed by atoms with van der Waals surface area (Å²) in [5.41, 5.74) is -0.413. The average Bonchev–Trinajstić information content (AvgIpc) is 3.99. The first-order chi connectivity index (χ1) is 25.5. The number of esters is 1. The summed E-state index contributed by atoms with van der Waals surface area (Å²) >= 11 is 0. The summed E-state index contributed by atoms with van der Waals surface area (Å²) in [4.78, 5) is 82.3. The van der Waals surface area contributed by atoms with Gasteiger partial charge in [-0.05, 0) is 95.4 Å². The fourth-order valence-electron chi connectivity index (χ4n) is 7.70. The maximum atomic E-state index is 14.4. The lowest BCUT2D eigenvalue weighted by molar-refractivity contribution is -0.136. The molecule has 2 heterocycles. The van der Waals surface area contributed by atoms with E-state index in [0.29, 0.717) is 37.7 Å². The molecule has 6 rings (SSSR count). The van der Waals surface area contributed by atoms with Gasteiger partial charge in [-0.15, -0.1) is 0 Å². The van der Waals surface area contributed by atoms with Crippen LogP contribution in [0.5, 0.6) is 0 Å². The van der Waals surface area contributed by atoms with E-state index in [0.717, 1.165) is 24.0 Å². The molecule has 0 saturated heterocycles. The van der Waals surface area contributed by atoms with Crippen molar-refractivity contribution >= 4 is 45.8 Å². The molecule has 1 unspecified atom stereocenters. The average molecular weight is 771 g/mol. The quantitative estimate of drug-likeness (QED) is 0.216. The number of carbonyl (C=O) groups is 6. The molecule has 5 aliphatic rings. The second-order valence-electron chi connectivity index (χ2n) is 16.1. The number of ether oxygens (including phenoxy) is 3. The highest BCUT2D eigenvalue weighted by Crippen LogP contribution is 2.47. The molecule has 54 heavy (non-hydrogen) atoms. The third-order valence-electron chi connectivity index (χ3n) is 10.8. The maximum absolute atomic E-state index is 14.4. The molecule has 1 aromatic rings. The largest absolute Gasteiger partial charge is 0.465 e. The molecule has 3 saturated carbocycles. The minimum Gasteiger partial charge on any atom is -0.465 e. The zero-order valence-electron chi connectivity index (χ0n) is 31.2. The number of nitrogens with zero attached hydrogens (tertiary/aromatic N) is 1. The van der Waals surface area contributed by atoms with Gasteiger partial charge in [0.05, 0.1) is 29.9 Å². The van der Waals surface area contributed by atoms with E-state index in [-0.39, 0.29) is 32.4 Å². The van der Waals surface area contributed by atoms with Crippen LogP contribution in [0.2, 0.25) is 0 Å². The lowest BCUT2D eigenvalue weighted by atomic mass is 9.86. The van der Waals surface area contributed by atoms with Crippen LogP contribution in [0.15, 0.2) is 30.4 Å². The number of carbonyl (C=O) groups excluding carboxylic acids is 6. The topological polar surface area (TPSA) is 204 Å². The van der Waals surface area contributed by atoms with E-state index < -0.39 is 92.1 Å². The zero-order chi connectivity index (χ0) is 39.0. The number of rotatable bonds is 6. The van der Waals surface area contributed by atoms with Crippen LogP contribution < -0.4 is 15.4 Å². The molecule has 0 aromatic heterocycles. The molecule has 0 spiro atoms. The number of ketones is 1. The van der Waals surface area contributed by atoms with Gasteiger partial charge in [-0.1, -0.05) is 31.1 Å². The number of methoxy groups -OCH3 is 1. The number of allylic oxidation sites excluding steroid dienone is 1. The summed E-state index contributed by atoms with van der Waals surface area (Å²) in [7, 11) is -2.63. The van der Waals surface area contributed by atoms with Crippen molar-refractivity contribution in [1.82, 2.24) is 20.3 Å². The Labute approximate surface area is 315 Å². The van der Waals surface area contributed by atoms with Crippen molar-refractivity contribution in [3.05, 3.63) is 47.0 Å². The third kappa shape index (κ3) is 8.90. The van der Waals surface area contributed by atoms with Crippen molar-refractivity contribution in [2.75, 3.05) is 7.11 Å². The number of amides is 4. The minimum absolute atomic E-state index is 0.0129. The summed E-state index contributed by atoms with van der Waals surface area (Å²) in [6, 6.07) is 4.04. The Morgan fingerprint density at radius 2 is 1.69 bits per heavy atom. The van der Waals surface area contributed by atoms with Gasteiger partial charge < -0.3 is 24.8 Å². The Bertz CT molecular complexity index is 1840. The molecule has 4 amide bonds. The number of hydrogen-bond acceptors (Lipinski definition) is 11. The van der Waals surface area contributed by atoms with E-state index in [1.54, 1.807) is 39.0 Å². The maximum Gasteiger partial charge on any atom is 0.410 e. The fourth-order valence-corrected chi connectivity index (χ4v) is 9.06. The van der Waals surface area contributed by atoms with Gasteiger partial charge in [0.1, 0.15) is 17.2 Å². The highest BCUT2D eigenvalue weighted by Gasteiger charge is 2.62. The number of hydrogen-bond donors (Lipinski definition) is 3. The molecule has 16 heteroatoms. The highest BCUT2D eigenvalue weighted by molar-refractivity contribution is 7.91. The second kappa shape index (κ2) is 15.3. The number of alkyl carbamates (subject to hydrolysis) is 1. The molecular formula is C38H50N4O11S. The van der Waals surface area contributed by atoms with Crippen molar-refractivity contribution in [2.45, 2.75) is 127 Å². The number of Topliss-reactive ketones (excluding diaryl/α,β-unsaturated/α-hetero) is 1. The normalized spacial score (nSPS) is 28.6. The van der Waals surface area contributed by atoms with Crippen LogP contribution in [-0.4, -0.2) is 84.7 Å². The smallest absolute Gasteiger partial charge is 0.410 e. The monoisotopic (exact) mass is 770 g/mol. The molecule has 3 fully saturated rings.